The lowest BCUT2D eigenvalue weighted by molar-refractivity contribution is -0.142. The van der Waals surface area contributed by atoms with Gasteiger partial charge in [0, 0.05) is 19.6 Å². The molecule has 7 heteroatoms. The van der Waals surface area contributed by atoms with Gasteiger partial charge < -0.3 is 5.11 Å². The summed E-state index contributed by atoms with van der Waals surface area (Å²) in [6.45, 7) is 5.10. The molecule has 2 atom stereocenters. The molecule has 0 bridgehead atoms. The monoisotopic (exact) mass is 306 g/mol. The van der Waals surface area contributed by atoms with Crippen LogP contribution < -0.4 is 4.72 Å². The molecule has 0 aromatic rings. The lowest BCUT2D eigenvalue weighted by atomic mass is 9.97. The van der Waals surface area contributed by atoms with Gasteiger partial charge in [0.1, 0.15) is 0 Å². The molecule has 1 rings (SSSR count). The number of carboxylic acids is 1. The average Bonchev–Trinajstić information content (AvgIpc) is 2.85. The third-order valence-electron chi connectivity index (χ3n) is 3.79. The van der Waals surface area contributed by atoms with Gasteiger partial charge in [-0.05, 0) is 31.6 Å². The Bertz CT molecular complexity index is 405. The maximum Gasteiger partial charge on any atom is 0.306 e. The van der Waals surface area contributed by atoms with Crippen LogP contribution in [0.4, 0.5) is 0 Å². The van der Waals surface area contributed by atoms with E-state index in [-0.39, 0.29) is 12.5 Å². The molecule has 0 saturated heterocycles. The predicted molar refractivity (Wildman–Crippen MR) is 77.5 cm³/mol. The third-order valence-corrected chi connectivity index (χ3v) is 5.37. The first-order valence-corrected chi connectivity index (χ1v) is 8.83. The van der Waals surface area contributed by atoms with Crippen molar-refractivity contribution in [2.24, 2.45) is 11.8 Å². The molecule has 0 radical (unpaired) electrons. The SMILES string of the molecule is CCCN(CCC)S(=O)(=O)NCC1CCCC1C(=O)O. The van der Waals surface area contributed by atoms with Crippen LogP contribution in [-0.2, 0) is 15.0 Å². The van der Waals surface area contributed by atoms with E-state index >= 15 is 0 Å². The fourth-order valence-electron chi connectivity index (χ4n) is 2.76. The van der Waals surface area contributed by atoms with Gasteiger partial charge in [-0.2, -0.15) is 12.7 Å². The maximum atomic E-state index is 12.2. The fraction of sp³-hybridized carbons (Fsp3) is 0.923. The lowest BCUT2D eigenvalue weighted by Crippen LogP contribution is -2.44. The smallest absolute Gasteiger partial charge is 0.306 e. The Balaban J connectivity index is 2.59. The number of rotatable bonds is 9. The molecule has 0 aliphatic heterocycles. The molecule has 1 aliphatic rings. The van der Waals surface area contributed by atoms with Crippen LogP contribution in [-0.4, -0.2) is 43.4 Å². The van der Waals surface area contributed by atoms with E-state index in [0.29, 0.717) is 19.5 Å². The molecule has 0 aromatic heterocycles. The highest BCUT2D eigenvalue weighted by Crippen LogP contribution is 2.31. The molecule has 118 valence electrons. The standard InChI is InChI=1S/C13H26N2O4S/c1-3-8-15(9-4-2)20(18,19)14-10-11-6-5-7-12(11)13(16)17/h11-12,14H,3-10H2,1-2H3,(H,16,17). The van der Waals surface area contributed by atoms with E-state index < -0.39 is 22.1 Å². The van der Waals surface area contributed by atoms with Crippen molar-refractivity contribution in [3.05, 3.63) is 0 Å². The number of carbonyl (C=O) groups is 1. The van der Waals surface area contributed by atoms with Crippen LogP contribution in [0, 0.1) is 11.8 Å². The number of hydrogen-bond donors (Lipinski definition) is 2. The fourth-order valence-corrected chi connectivity index (χ4v) is 4.21. The van der Waals surface area contributed by atoms with Gasteiger partial charge in [-0.25, -0.2) is 4.72 Å². The van der Waals surface area contributed by atoms with E-state index in [4.69, 9.17) is 5.11 Å². The molecular weight excluding hydrogens is 280 g/mol. The Kier molecular flexibility index (Phi) is 6.91. The van der Waals surface area contributed by atoms with E-state index in [1.54, 1.807) is 0 Å². The van der Waals surface area contributed by atoms with Gasteiger partial charge in [0.15, 0.2) is 0 Å². The zero-order chi connectivity index (χ0) is 15.2. The number of nitrogens with one attached hydrogen (secondary N) is 1. The summed E-state index contributed by atoms with van der Waals surface area (Å²) in [6, 6.07) is 0. The molecule has 6 nitrogen and oxygen atoms in total. The normalized spacial score (nSPS) is 23.4. The predicted octanol–water partition coefficient (Wildman–Crippen LogP) is 1.44. The van der Waals surface area contributed by atoms with Crippen LogP contribution in [0.5, 0.6) is 0 Å². The highest BCUT2D eigenvalue weighted by atomic mass is 32.2. The summed E-state index contributed by atoms with van der Waals surface area (Å²) in [5.41, 5.74) is 0. The van der Waals surface area contributed by atoms with Gasteiger partial charge in [0.05, 0.1) is 5.92 Å². The van der Waals surface area contributed by atoms with Crippen molar-refractivity contribution in [1.29, 1.82) is 0 Å². The largest absolute Gasteiger partial charge is 0.481 e. The summed E-state index contributed by atoms with van der Waals surface area (Å²) in [4.78, 5) is 11.1. The van der Waals surface area contributed by atoms with Gasteiger partial charge in [-0.15, -0.1) is 0 Å². The highest BCUT2D eigenvalue weighted by Gasteiger charge is 2.34. The molecule has 0 aromatic carbocycles. The van der Waals surface area contributed by atoms with E-state index in [0.717, 1.165) is 25.7 Å². The quantitative estimate of drug-likeness (QED) is 0.675. The van der Waals surface area contributed by atoms with E-state index in [1.165, 1.54) is 4.31 Å². The molecule has 20 heavy (non-hydrogen) atoms. The van der Waals surface area contributed by atoms with E-state index in [9.17, 15) is 13.2 Å². The summed E-state index contributed by atoms with van der Waals surface area (Å²) in [6.07, 6.45) is 3.82. The number of carboxylic acid groups (broad SMARTS) is 1. The van der Waals surface area contributed by atoms with Crippen LogP contribution in [0.3, 0.4) is 0 Å². The number of hydrogen-bond acceptors (Lipinski definition) is 3. The zero-order valence-corrected chi connectivity index (χ0v) is 13.2. The van der Waals surface area contributed by atoms with Crippen molar-refractivity contribution >= 4 is 16.2 Å². The molecule has 2 unspecified atom stereocenters. The first-order chi connectivity index (χ1) is 9.42. The van der Waals surface area contributed by atoms with E-state index in [2.05, 4.69) is 4.72 Å². The second kappa shape index (κ2) is 7.95. The van der Waals surface area contributed by atoms with Crippen molar-refractivity contribution in [1.82, 2.24) is 9.03 Å². The second-order valence-corrected chi connectivity index (χ2v) is 7.14. The molecule has 1 fully saturated rings. The van der Waals surface area contributed by atoms with E-state index in [1.807, 2.05) is 13.8 Å². The van der Waals surface area contributed by atoms with Crippen LogP contribution in [0.15, 0.2) is 0 Å². The molecule has 2 N–H and O–H groups in total. The van der Waals surface area contributed by atoms with Gasteiger partial charge in [0.2, 0.25) is 0 Å². The molecule has 1 saturated carbocycles. The lowest BCUT2D eigenvalue weighted by Gasteiger charge is -2.23. The van der Waals surface area contributed by atoms with Crippen LogP contribution in [0.25, 0.3) is 0 Å². The second-order valence-electron chi connectivity index (χ2n) is 5.39. The molecule has 0 amide bonds. The molecule has 0 heterocycles. The Labute approximate surface area is 121 Å². The van der Waals surface area contributed by atoms with Crippen LogP contribution in [0.1, 0.15) is 46.0 Å². The summed E-state index contributed by atoms with van der Waals surface area (Å²) in [5.74, 6) is -1.32. The topological polar surface area (TPSA) is 86.7 Å². The van der Waals surface area contributed by atoms with Crippen molar-refractivity contribution in [2.45, 2.75) is 46.0 Å². The van der Waals surface area contributed by atoms with Crippen molar-refractivity contribution in [3.8, 4) is 0 Å². The summed E-state index contributed by atoms with van der Waals surface area (Å²) in [5, 5.41) is 9.10. The minimum atomic E-state index is -3.49. The zero-order valence-electron chi connectivity index (χ0n) is 12.3. The summed E-state index contributed by atoms with van der Waals surface area (Å²) >= 11 is 0. The third kappa shape index (κ3) is 4.71. The minimum absolute atomic E-state index is 0.0904. The Morgan fingerprint density at radius 1 is 1.25 bits per heavy atom. The van der Waals surface area contributed by atoms with Gasteiger partial charge in [-0.1, -0.05) is 20.3 Å². The minimum Gasteiger partial charge on any atom is -0.481 e. The van der Waals surface area contributed by atoms with Crippen LogP contribution >= 0.6 is 0 Å². The van der Waals surface area contributed by atoms with Crippen molar-refractivity contribution < 1.29 is 18.3 Å². The Hall–Kier alpha value is -0.660. The Morgan fingerprint density at radius 3 is 2.35 bits per heavy atom. The number of nitrogens with zero attached hydrogens (tertiary/aromatic N) is 1. The number of aliphatic carboxylic acids is 1. The summed E-state index contributed by atoms with van der Waals surface area (Å²) < 4.78 is 28.5. The Morgan fingerprint density at radius 2 is 1.85 bits per heavy atom. The average molecular weight is 306 g/mol. The highest BCUT2D eigenvalue weighted by molar-refractivity contribution is 7.87. The van der Waals surface area contributed by atoms with Crippen molar-refractivity contribution in [2.75, 3.05) is 19.6 Å². The maximum absolute atomic E-state index is 12.2. The van der Waals surface area contributed by atoms with Gasteiger partial charge >= 0.3 is 5.97 Å². The van der Waals surface area contributed by atoms with Gasteiger partial charge in [-0.3, -0.25) is 4.79 Å². The first kappa shape index (κ1) is 17.4. The van der Waals surface area contributed by atoms with Gasteiger partial charge in [0.25, 0.3) is 10.2 Å². The molecule has 0 spiro atoms. The summed E-state index contributed by atoms with van der Waals surface area (Å²) in [7, 11) is -3.49. The van der Waals surface area contributed by atoms with Crippen molar-refractivity contribution in [3.63, 3.8) is 0 Å². The van der Waals surface area contributed by atoms with Crippen LogP contribution in [0.2, 0.25) is 0 Å². The molecular formula is C13H26N2O4S. The molecule has 1 aliphatic carbocycles. The first-order valence-electron chi connectivity index (χ1n) is 7.39.